The molecule has 1 aliphatic carbocycles. The van der Waals surface area contributed by atoms with Crippen LogP contribution in [0, 0.1) is 0 Å². The maximum absolute atomic E-state index is 5.93. The number of ether oxygens (including phenoxy) is 2. The number of aliphatic imine (C=N–C) groups is 1. The Morgan fingerprint density at radius 3 is 2.78 bits per heavy atom. The number of rotatable bonds is 7. The summed E-state index contributed by atoms with van der Waals surface area (Å²) in [5.74, 6) is 1.81. The molecule has 2 fully saturated rings. The standard InChI is InChI=1S/C20H32N4O2.HI/c1-21-20(23-18-6-2-3-7-18)22-16-17-5-4-8-19(15-17)26-14-11-24-9-12-25-13-10-24;/h4-5,8,15,18H,2-3,6-7,9-14,16H2,1H3,(H2,21,22,23);1H. The van der Waals surface area contributed by atoms with Gasteiger partial charge in [0.25, 0.3) is 0 Å². The largest absolute Gasteiger partial charge is 0.492 e. The van der Waals surface area contributed by atoms with Crippen LogP contribution in [-0.4, -0.2) is 63.4 Å². The lowest BCUT2D eigenvalue weighted by atomic mass is 10.2. The summed E-state index contributed by atoms with van der Waals surface area (Å²) in [6.07, 6.45) is 5.12. The zero-order valence-corrected chi connectivity index (χ0v) is 18.6. The van der Waals surface area contributed by atoms with E-state index in [-0.39, 0.29) is 24.0 Å². The van der Waals surface area contributed by atoms with Gasteiger partial charge in [0, 0.05) is 39.3 Å². The van der Waals surface area contributed by atoms with E-state index in [4.69, 9.17) is 9.47 Å². The first-order valence-electron chi connectivity index (χ1n) is 9.82. The Hall–Kier alpha value is -1.06. The summed E-state index contributed by atoms with van der Waals surface area (Å²) < 4.78 is 11.3. The summed E-state index contributed by atoms with van der Waals surface area (Å²) in [5, 5.41) is 6.92. The van der Waals surface area contributed by atoms with Gasteiger partial charge in [-0.2, -0.15) is 0 Å². The summed E-state index contributed by atoms with van der Waals surface area (Å²) >= 11 is 0. The summed E-state index contributed by atoms with van der Waals surface area (Å²) in [6, 6.07) is 8.86. The van der Waals surface area contributed by atoms with Crippen molar-refractivity contribution in [2.45, 2.75) is 38.3 Å². The summed E-state index contributed by atoms with van der Waals surface area (Å²) in [5.41, 5.74) is 1.20. The lowest BCUT2D eigenvalue weighted by Gasteiger charge is -2.26. The third-order valence-corrected chi connectivity index (χ3v) is 5.06. The lowest BCUT2D eigenvalue weighted by Crippen LogP contribution is -2.41. The molecule has 3 rings (SSSR count). The van der Waals surface area contributed by atoms with Crippen molar-refractivity contribution in [3.8, 4) is 5.75 Å². The number of hydrogen-bond donors (Lipinski definition) is 2. The van der Waals surface area contributed by atoms with Crippen LogP contribution in [0.4, 0.5) is 0 Å². The van der Waals surface area contributed by atoms with E-state index in [9.17, 15) is 0 Å². The highest BCUT2D eigenvalue weighted by molar-refractivity contribution is 14.0. The molecule has 0 bridgehead atoms. The quantitative estimate of drug-likeness (QED) is 0.351. The highest BCUT2D eigenvalue weighted by atomic mass is 127. The van der Waals surface area contributed by atoms with Crippen molar-refractivity contribution in [1.82, 2.24) is 15.5 Å². The van der Waals surface area contributed by atoms with Gasteiger partial charge in [-0.1, -0.05) is 25.0 Å². The minimum atomic E-state index is 0. The second-order valence-corrected chi connectivity index (χ2v) is 7.00. The Labute approximate surface area is 180 Å². The van der Waals surface area contributed by atoms with Crippen LogP contribution < -0.4 is 15.4 Å². The maximum atomic E-state index is 5.93. The molecule has 152 valence electrons. The van der Waals surface area contributed by atoms with Gasteiger partial charge in [-0.3, -0.25) is 9.89 Å². The first-order chi connectivity index (χ1) is 12.8. The molecule has 6 nitrogen and oxygen atoms in total. The van der Waals surface area contributed by atoms with Crippen LogP contribution in [0.25, 0.3) is 0 Å². The molecular weight excluding hydrogens is 455 g/mol. The number of nitrogens with zero attached hydrogens (tertiary/aromatic N) is 2. The van der Waals surface area contributed by atoms with Gasteiger partial charge in [0.2, 0.25) is 0 Å². The molecule has 0 radical (unpaired) electrons. The van der Waals surface area contributed by atoms with E-state index in [0.29, 0.717) is 12.6 Å². The number of morpholine rings is 1. The van der Waals surface area contributed by atoms with E-state index in [0.717, 1.165) is 51.1 Å². The summed E-state index contributed by atoms with van der Waals surface area (Å²) in [7, 11) is 1.83. The van der Waals surface area contributed by atoms with Crippen molar-refractivity contribution < 1.29 is 9.47 Å². The first kappa shape index (κ1) is 22.2. The molecule has 2 aliphatic rings. The molecule has 0 aromatic heterocycles. The van der Waals surface area contributed by atoms with E-state index in [1.54, 1.807) is 0 Å². The number of benzene rings is 1. The molecule has 1 aromatic rings. The van der Waals surface area contributed by atoms with Crippen molar-refractivity contribution in [2.75, 3.05) is 46.5 Å². The third-order valence-electron chi connectivity index (χ3n) is 5.06. The van der Waals surface area contributed by atoms with Crippen LogP contribution in [0.15, 0.2) is 29.3 Å². The molecule has 1 aromatic carbocycles. The number of nitrogens with one attached hydrogen (secondary N) is 2. The van der Waals surface area contributed by atoms with E-state index in [1.165, 1.54) is 31.2 Å². The second kappa shape index (κ2) is 12.4. The molecule has 0 unspecified atom stereocenters. The molecule has 1 aliphatic heterocycles. The molecule has 1 saturated heterocycles. The fraction of sp³-hybridized carbons (Fsp3) is 0.650. The number of guanidine groups is 1. The molecule has 1 heterocycles. The average molecular weight is 488 g/mol. The molecule has 0 atom stereocenters. The van der Waals surface area contributed by atoms with Crippen molar-refractivity contribution in [1.29, 1.82) is 0 Å². The molecular formula is C20H33IN4O2. The highest BCUT2D eigenvalue weighted by Crippen LogP contribution is 2.17. The van der Waals surface area contributed by atoms with E-state index < -0.39 is 0 Å². The van der Waals surface area contributed by atoms with Crippen molar-refractivity contribution in [3.63, 3.8) is 0 Å². The van der Waals surface area contributed by atoms with Gasteiger partial charge < -0.3 is 20.1 Å². The van der Waals surface area contributed by atoms with Crippen LogP contribution in [0.5, 0.6) is 5.75 Å². The first-order valence-corrected chi connectivity index (χ1v) is 9.82. The summed E-state index contributed by atoms with van der Waals surface area (Å²) in [4.78, 5) is 6.72. The van der Waals surface area contributed by atoms with Crippen LogP contribution >= 0.6 is 24.0 Å². The number of hydrogen-bond acceptors (Lipinski definition) is 4. The molecule has 27 heavy (non-hydrogen) atoms. The maximum Gasteiger partial charge on any atom is 0.191 e. The molecule has 0 amide bonds. The minimum Gasteiger partial charge on any atom is -0.492 e. The van der Waals surface area contributed by atoms with Gasteiger partial charge in [0.05, 0.1) is 13.2 Å². The molecule has 2 N–H and O–H groups in total. The SMILES string of the molecule is CN=C(NCc1cccc(OCCN2CCOCC2)c1)NC1CCCC1.I. The van der Waals surface area contributed by atoms with Gasteiger partial charge in [-0.05, 0) is 30.5 Å². The van der Waals surface area contributed by atoms with Gasteiger partial charge in [0.15, 0.2) is 5.96 Å². The second-order valence-electron chi connectivity index (χ2n) is 7.00. The Morgan fingerprint density at radius 2 is 2.04 bits per heavy atom. The topological polar surface area (TPSA) is 58.1 Å². The highest BCUT2D eigenvalue weighted by Gasteiger charge is 2.15. The fourth-order valence-corrected chi connectivity index (χ4v) is 3.51. The van der Waals surface area contributed by atoms with E-state index in [2.05, 4.69) is 32.7 Å². The average Bonchev–Trinajstić information content (AvgIpc) is 3.19. The monoisotopic (exact) mass is 488 g/mol. The lowest BCUT2D eigenvalue weighted by molar-refractivity contribution is 0.0322. The summed E-state index contributed by atoms with van der Waals surface area (Å²) in [6.45, 7) is 6.06. The smallest absolute Gasteiger partial charge is 0.191 e. The Bertz CT molecular complexity index is 573. The van der Waals surface area contributed by atoms with E-state index in [1.807, 2.05) is 19.2 Å². The normalized spacial score (nSPS) is 18.8. The fourth-order valence-electron chi connectivity index (χ4n) is 3.51. The number of halogens is 1. The Kier molecular flexibility index (Phi) is 10.2. The van der Waals surface area contributed by atoms with Crippen LogP contribution in [0.1, 0.15) is 31.2 Å². The molecule has 1 saturated carbocycles. The van der Waals surface area contributed by atoms with Crippen LogP contribution in [0.3, 0.4) is 0 Å². The Balaban J connectivity index is 0.00000261. The minimum absolute atomic E-state index is 0. The van der Waals surface area contributed by atoms with E-state index >= 15 is 0 Å². The zero-order valence-electron chi connectivity index (χ0n) is 16.3. The van der Waals surface area contributed by atoms with Crippen LogP contribution in [-0.2, 0) is 11.3 Å². The third kappa shape index (κ3) is 7.83. The van der Waals surface area contributed by atoms with Gasteiger partial charge in [-0.15, -0.1) is 24.0 Å². The molecule has 0 spiro atoms. The molecule has 7 heteroatoms. The Morgan fingerprint density at radius 1 is 1.26 bits per heavy atom. The van der Waals surface area contributed by atoms with Crippen LogP contribution in [0.2, 0.25) is 0 Å². The van der Waals surface area contributed by atoms with Gasteiger partial charge in [0.1, 0.15) is 12.4 Å². The zero-order chi connectivity index (χ0) is 18.0. The van der Waals surface area contributed by atoms with Gasteiger partial charge >= 0.3 is 0 Å². The van der Waals surface area contributed by atoms with Crippen molar-refractivity contribution in [2.24, 2.45) is 4.99 Å². The van der Waals surface area contributed by atoms with Crippen molar-refractivity contribution in [3.05, 3.63) is 29.8 Å². The van der Waals surface area contributed by atoms with Crippen molar-refractivity contribution >= 4 is 29.9 Å². The van der Waals surface area contributed by atoms with Gasteiger partial charge in [-0.25, -0.2) is 0 Å². The predicted molar refractivity (Wildman–Crippen MR) is 120 cm³/mol. The predicted octanol–water partition coefficient (Wildman–Crippen LogP) is 2.62.